The number of Topliss-reactive ketones (excluding diaryl/α,β-unsaturated/α-hetero) is 1. The summed E-state index contributed by atoms with van der Waals surface area (Å²) in [7, 11) is 0. The van der Waals surface area contributed by atoms with E-state index >= 15 is 0 Å². The topological polar surface area (TPSA) is 73.8 Å². The normalized spacial score (nSPS) is 17.6. The number of hydrogen-bond acceptors (Lipinski definition) is 4. The SMILES string of the molecule is CC(N)C(=O)c1nnn2c1CCCC2. The van der Waals surface area contributed by atoms with Crippen LogP contribution in [0.25, 0.3) is 0 Å². The number of ketones is 1. The average Bonchev–Trinajstić information content (AvgIpc) is 2.60. The highest BCUT2D eigenvalue weighted by molar-refractivity contribution is 5.98. The molecular formula is C9H14N4O. The number of hydrogen-bond donors (Lipinski definition) is 1. The molecule has 0 amide bonds. The highest BCUT2D eigenvalue weighted by Gasteiger charge is 2.23. The molecule has 0 aliphatic carbocycles. The molecule has 1 atom stereocenters. The lowest BCUT2D eigenvalue weighted by atomic mass is 10.0. The van der Waals surface area contributed by atoms with Crippen molar-refractivity contribution in [2.45, 2.75) is 38.8 Å². The number of nitrogens with zero attached hydrogens (tertiary/aromatic N) is 3. The molecule has 2 rings (SSSR count). The summed E-state index contributed by atoms with van der Waals surface area (Å²) < 4.78 is 1.82. The van der Waals surface area contributed by atoms with Crippen molar-refractivity contribution < 1.29 is 4.79 Å². The van der Waals surface area contributed by atoms with Crippen LogP contribution in [0.2, 0.25) is 0 Å². The van der Waals surface area contributed by atoms with Crippen LogP contribution in [0.3, 0.4) is 0 Å². The molecule has 1 unspecified atom stereocenters. The zero-order chi connectivity index (χ0) is 10.1. The summed E-state index contributed by atoms with van der Waals surface area (Å²) in [5, 5.41) is 7.85. The molecule has 0 fully saturated rings. The standard InChI is InChI=1S/C9H14N4O/c1-6(10)9(14)8-7-4-2-3-5-13(7)12-11-8/h6H,2-5,10H2,1H3. The molecule has 5 nitrogen and oxygen atoms in total. The molecule has 2 N–H and O–H groups in total. The number of carbonyl (C=O) groups excluding carboxylic acids is 1. The van der Waals surface area contributed by atoms with Gasteiger partial charge in [-0.3, -0.25) is 4.79 Å². The van der Waals surface area contributed by atoms with Crippen molar-refractivity contribution >= 4 is 5.78 Å². The van der Waals surface area contributed by atoms with Crippen LogP contribution in [-0.4, -0.2) is 26.8 Å². The van der Waals surface area contributed by atoms with Crippen molar-refractivity contribution in [3.8, 4) is 0 Å². The minimum atomic E-state index is -0.488. The number of aromatic nitrogens is 3. The third kappa shape index (κ3) is 1.43. The maximum atomic E-state index is 11.6. The fourth-order valence-electron chi connectivity index (χ4n) is 1.72. The molecular weight excluding hydrogens is 180 g/mol. The van der Waals surface area contributed by atoms with Crippen LogP contribution in [0, 0.1) is 0 Å². The molecule has 1 aromatic rings. The number of nitrogens with two attached hydrogens (primary N) is 1. The van der Waals surface area contributed by atoms with Crippen LogP contribution in [0.5, 0.6) is 0 Å². The Morgan fingerprint density at radius 2 is 2.36 bits per heavy atom. The fraction of sp³-hybridized carbons (Fsp3) is 0.667. The van der Waals surface area contributed by atoms with Gasteiger partial charge < -0.3 is 5.73 Å². The summed E-state index contributed by atoms with van der Waals surface area (Å²) in [5.74, 6) is -0.104. The van der Waals surface area contributed by atoms with Gasteiger partial charge in [0.05, 0.1) is 11.7 Å². The van der Waals surface area contributed by atoms with E-state index in [0.717, 1.165) is 31.5 Å². The van der Waals surface area contributed by atoms with E-state index in [1.54, 1.807) is 6.92 Å². The van der Waals surface area contributed by atoms with E-state index < -0.39 is 6.04 Å². The van der Waals surface area contributed by atoms with Crippen molar-refractivity contribution in [1.29, 1.82) is 0 Å². The van der Waals surface area contributed by atoms with Gasteiger partial charge in [0.1, 0.15) is 0 Å². The third-order valence-corrected chi connectivity index (χ3v) is 2.52. The second kappa shape index (κ2) is 3.49. The van der Waals surface area contributed by atoms with Gasteiger partial charge in [-0.25, -0.2) is 4.68 Å². The molecule has 76 valence electrons. The van der Waals surface area contributed by atoms with Crippen molar-refractivity contribution in [2.75, 3.05) is 0 Å². The number of fused-ring (bicyclic) bond motifs is 1. The first-order valence-electron chi connectivity index (χ1n) is 4.92. The molecule has 1 aliphatic heterocycles. The van der Waals surface area contributed by atoms with Crippen LogP contribution in [-0.2, 0) is 13.0 Å². The predicted molar refractivity (Wildman–Crippen MR) is 50.9 cm³/mol. The zero-order valence-corrected chi connectivity index (χ0v) is 8.23. The van der Waals surface area contributed by atoms with E-state index in [0.29, 0.717) is 5.69 Å². The average molecular weight is 194 g/mol. The predicted octanol–water partition coefficient (Wildman–Crippen LogP) is 0.144. The van der Waals surface area contributed by atoms with Crippen molar-refractivity contribution in [3.63, 3.8) is 0 Å². The first kappa shape index (κ1) is 9.33. The first-order valence-corrected chi connectivity index (χ1v) is 4.92. The molecule has 0 spiro atoms. The Labute approximate surface area is 82.3 Å². The van der Waals surface area contributed by atoms with Crippen LogP contribution < -0.4 is 5.73 Å². The van der Waals surface area contributed by atoms with Crippen molar-refractivity contribution in [1.82, 2.24) is 15.0 Å². The molecule has 1 aromatic heterocycles. The quantitative estimate of drug-likeness (QED) is 0.680. The maximum Gasteiger partial charge on any atom is 0.201 e. The van der Waals surface area contributed by atoms with Crippen molar-refractivity contribution in [3.05, 3.63) is 11.4 Å². The molecule has 5 heteroatoms. The minimum Gasteiger partial charge on any atom is -0.321 e. The number of aryl methyl sites for hydroxylation is 1. The van der Waals surface area contributed by atoms with Gasteiger partial charge in [-0.1, -0.05) is 5.21 Å². The Hall–Kier alpha value is -1.23. The van der Waals surface area contributed by atoms with E-state index in [1.165, 1.54) is 0 Å². The monoisotopic (exact) mass is 194 g/mol. The summed E-state index contributed by atoms with van der Waals surface area (Å²) in [5.41, 5.74) is 6.96. The molecule has 0 bridgehead atoms. The molecule has 1 aliphatic rings. The van der Waals surface area contributed by atoms with Crippen LogP contribution in [0.1, 0.15) is 35.9 Å². The molecule has 0 aromatic carbocycles. The fourth-order valence-corrected chi connectivity index (χ4v) is 1.72. The number of rotatable bonds is 2. The van der Waals surface area contributed by atoms with Crippen LogP contribution in [0.15, 0.2) is 0 Å². The van der Waals surface area contributed by atoms with E-state index in [1.807, 2.05) is 4.68 Å². The summed E-state index contributed by atoms with van der Waals surface area (Å²) in [6.07, 6.45) is 3.11. The van der Waals surface area contributed by atoms with E-state index in [-0.39, 0.29) is 5.78 Å². The van der Waals surface area contributed by atoms with Gasteiger partial charge in [0.2, 0.25) is 5.78 Å². The van der Waals surface area contributed by atoms with Gasteiger partial charge in [0.15, 0.2) is 5.69 Å². The minimum absolute atomic E-state index is 0.104. The smallest absolute Gasteiger partial charge is 0.201 e. The molecule has 0 saturated heterocycles. The maximum absolute atomic E-state index is 11.6. The lowest BCUT2D eigenvalue weighted by Crippen LogP contribution is -2.28. The van der Waals surface area contributed by atoms with Crippen LogP contribution in [0.4, 0.5) is 0 Å². The highest BCUT2D eigenvalue weighted by atomic mass is 16.1. The third-order valence-electron chi connectivity index (χ3n) is 2.52. The molecule has 2 heterocycles. The number of carbonyl (C=O) groups is 1. The van der Waals surface area contributed by atoms with Gasteiger partial charge in [0.25, 0.3) is 0 Å². The second-order valence-corrected chi connectivity index (χ2v) is 3.72. The van der Waals surface area contributed by atoms with E-state index in [2.05, 4.69) is 10.3 Å². The van der Waals surface area contributed by atoms with Gasteiger partial charge in [-0.2, -0.15) is 0 Å². The zero-order valence-electron chi connectivity index (χ0n) is 8.23. The van der Waals surface area contributed by atoms with Gasteiger partial charge in [-0.15, -0.1) is 5.10 Å². The van der Waals surface area contributed by atoms with E-state index in [4.69, 9.17) is 5.73 Å². The van der Waals surface area contributed by atoms with Crippen LogP contribution >= 0.6 is 0 Å². The van der Waals surface area contributed by atoms with Gasteiger partial charge >= 0.3 is 0 Å². The highest BCUT2D eigenvalue weighted by Crippen LogP contribution is 2.16. The Morgan fingerprint density at radius 3 is 3.07 bits per heavy atom. The van der Waals surface area contributed by atoms with Gasteiger partial charge in [0, 0.05) is 6.54 Å². The second-order valence-electron chi connectivity index (χ2n) is 3.72. The summed E-state index contributed by atoms with van der Waals surface area (Å²) >= 11 is 0. The Kier molecular flexibility index (Phi) is 2.33. The van der Waals surface area contributed by atoms with E-state index in [9.17, 15) is 4.79 Å². The summed E-state index contributed by atoms with van der Waals surface area (Å²) in [4.78, 5) is 11.6. The lowest BCUT2D eigenvalue weighted by molar-refractivity contribution is 0.0962. The van der Waals surface area contributed by atoms with Gasteiger partial charge in [-0.05, 0) is 26.2 Å². The lowest BCUT2D eigenvalue weighted by Gasteiger charge is -2.12. The molecule has 0 radical (unpaired) electrons. The summed E-state index contributed by atoms with van der Waals surface area (Å²) in [6.45, 7) is 2.55. The van der Waals surface area contributed by atoms with Crippen molar-refractivity contribution in [2.24, 2.45) is 5.73 Å². The summed E-state index contributed by atoms with van der Waals surface area (Å²) in [6, 6.07) is -0.488. The Balaban J connectivity index is 2.35. The molecule has 0 saturated carbocycles. The largest absolute Gasteiger partial charge is 0.321 e. The molecule has 14 heavy (non-hydrogen) atoms. The first-order chi connectivity index (χ1) is 6.70. The Bertz CT molecular complexity index is 356. The Morgan fingerprint density at radius 1 is 1.57 bits per heavy atom.